The summed E-state index contributed by atoms with van der Waals surface area (Å²) in [5, 5.41) is 11.7. The average Bonchev–Trinajstić information content (AvgIpc) is 3.40. The number of ketones is 1. The predicted octanol–water partition coefficient (Wildman–Crippen LogP) is 5.34. The van der Waals surface area contributed by atoms with Gasteiger partial charge in [0.25, 0.3) is 11.7 Å². The first-order valence-corrected chi connectivity index (χ1v) is 10.7. The molecule has 2 heterocycles. The van der Waals surface area contributed by atoms with Crippen LogP contribution in [-0.4, -0.2) is 28.3 Å². The Morgan fingerprint density at radius 1 is 1.12 bits per heavy atom. The van der Waals surface area contributed by atoms with Gasteiger partial charge in [0.2, 0.25) is 0 Å². The lowest BCUT2D eigenvalue weighted by molar-refractivity contribution is -0.140. The molecule has 6 nitrogen and oxygen atoms in total. The Kier molecular flexibility index (Phi) is 6.32. The highest BCUT2D eigenvalue weighted by Crippen LogP contribution is 2.40. The van der Waals surface area contributed by atoms with Gasteiger partial charge in [-0.2, -0.15) is 0 Å². The molecule has 4 rings (SSSR count). The van der Waals surface area contributed by atoms with Crippen LogP contribution in [0.2, 0.25) is 5.02 Å². The van der Waals surface area contributed by atoms with Crippen LogP contribution in [0.5, 0.6) is 5.75 Å². The van der Waals surface area contributed by atoms with Gasteiger partial charge in [-0.15, -0.1) is 0 Å². The van der Waals surface area contributed by atoms with E-state index in [1.807, 2.05) is 6.92 Å². The van der Waals surface area contributed by atoms with Crippen molar-refractivity contribution in [2.45, 2.75) is 25.9 Å². The number of ether oxygens (including phenoxy) is 1. The van der Waals surface area contributed by atoms with Crippen molar-refractivity contribution in [1.29, 1.82) is 0 Å². The Morgan fingerprint density at radius 2 is 1.91 bits per heavy atom. The number of furan rings is 1. The lowest BCUT2D eigenvalue weighted by Gasteiger charge is -2.24. The highest BCUT2D eigenvalue weighted by atomic mass is 35.5. The Morgan fingerprint density at radius 3 is 2.59 bits per heavy atom. The summed E-state index contributed by atoms with van der Waals surface area (Å²) in [6.45, 7) is 2.61. The number of benzene rings is 2. The third kappa shape index (κ3) is 4.27. The summed E-state index contributed by atoms with van der Waals surface area (Å²) < 4.78 is 11.0. The van der Waals surface area contributed by atoms with Crippen LogP contribution in [0.25, 0.3) is 5.76 Å². The first kappa shape index (κ1) is 21.7. The topological polar surface area (TPSA) is 80.0 Å². The minimum atomic E-state index is -0.794. The summed E-state index contributed by atoms with van der Waals surface area (Å²) in [6.07, 6.45) is 2.34. The fourth-order valence-electron chi connectivity index (χ4n) is 3.71. The molecule has 32 heavy (non-hydrogen) atoms. The summed E-state index contributed by atoms with van der Waals surface area (Å²) in [6, 6.07) is 16.3. The molecule has 0 bridgehead atoms. The number of hydrogen-bond donors (Lipinski definition) is 1. The molecule has 1 aromatic heterocycles. The van der Waals surface area contributed by atoms with Crippen LogP contribution < -0.4 is 4.74 Å². The predicted molar refractivity (Wildman–Crippen MR) is 120 cm³/mol. The maximum Gasteiger partial charge on any atom is 0.296 e. The van der Waals surface area contributed by atoms with Crippen molar-refractivity contribution >= 4 is 29.1 Å². The second-order valence-corrected chi connectivity index (χ2v) is 7.87. The summed E-state index contributed by atoms with van der Waals surface area (Å²) in [5.74, 6) is -0.619. The number of hydrogen-bond acceptors (Lipinski definition) is 5. The molecule has 0 radical (unpaired) electrons. The van der Waals surface area contributed by atoms with Gasteiger partial charge < -0.3 is 19.2 Å². The molecule has 1 N–H and O–H groups in total. The number of nitrogens with zero attached hydrogens (tertiary/aromatic N) is 1. The summed E-state index contributed by atoms with van der Waals surface area (Å²) in [7, 11) is 0. The number of amides is 1. The van der Waals surface area contributed by atoms with Crippen LogP contribution in [-0.2, 0) is 16.1 Å². The Bertz CT molecular complexity index is 1150. The van der Waals surface area contributed by atoms with E-state index in [9.17, 15) is 14.7 Å². The second-order valence-electron chi connectivity index (χ2n) is 7.43. The Hall–Kier alpha value is -3.51. The van der Waals surface area contributed by atoms with E-state index in [0.717, 1.165) is 6.42 Å². The molecule has 1 unspecified atom stereocenters. The molecular weight excluding hydrogens is 430 g/mol. The van der Waals surface area contributed by atoms with Gasteiger partial charge in [-0.3, -0.25) is 9.59 Å². The fraction of sp³-hybridized carbons (Fsp3) is 0.200. The number of aliphatic hydroxyl groups excluding tert-OH is 1. The number of halogens is 1. The minimum Gasteiger partial charge on any atom is -0.507 e. The van der Waals surface area contributed by atoms with Crippen molar-refractivity contribution in [3.05, 3.63) is 94.4 Å². The third-order valence-corrected chi connectivity index (χ3v) is 5.46. The van der Waals surface area contributed by atoms with Gasteiger partial charge in [-0.05, 0) is 48.4 Å². The van der Waals surface area contributed by atoms with Crippen molar-refractivity contribution in [3.63, 3.8) is 0 Å². The molecule has 3 aromatic rings. The standard InChI is InChI=1S/C25H22ClNO5/c1-2-12-31-19-6-3-5-17(14-19)23(28)21-22(16-8-10-18(26)11-9-16)27(25(30)24(21)29)15-20-7-4-13-32-20/h3-11,13-14,22,28H,2,12,15H2,1H3/b23-21+. The highest BCUT2D eigenvalue weighted by Gasteiger charge is 2.46. The summed E-state index contributed by atoms with van der Waals surface area (Å²) in [4.78, 5) is 27.4. The van der Waals surface area contributed by atoms with Crippen LogP contribution in [0, 0.1) is 0 Å². The van der Waals surface area contributed by atoms with Gasteiger partial charge in [-0.25, -0.2) is 0 Å². The first-order chi connectivity index (χ1) is 15.5. The van der Waals surface area contributed by atoms with Crippen molar-refractivity contribution in [3.8, 4) is 5.75 Å². The van der Waals surface area contributed by atoms with Crippen LogP contribution in [0.15, 0.2) is 76.9 Å². The van der Waals surface area contributed by atoms with Crippen LogP contribution >= 0.6 is 11.6 Å². The van der Waals surface area contributed by atoms with Gasteiger partial charge in [-0.1, -0.05) is 42.8 Å². The zero-order valence-electron chi connectivity index (χ0n) is 17.5. The molecule has 164 valence electrons. The number of carbonyl (C=O) groups is 2. The van der Waals surface area contributed by atoms with E-state index >= 15 is 0 Å². The minimum absolute atomic E-state index is 0.0107. The normalized spacial score (nSPS) is 17.7. The zero-order valence-corrected chi connectivity index (χ0v) is 18.2. The molecule has 0 aliphatic carbocycles. The Balaban J connectivity index is 1.81. The van der Waals surface area contributed by atoms with E-state index in [2.05, 4.69) is 0 Å². The van der Waals surface area contributed by atoms with E-state index in [-0.39, 0.29) is 17.9 Å². The van der Waals surface area contributed by atoms with Crippen molar-refractivity contribution in [2.24, 2.45) is 0 Å². The van der Waals surface area contributed by atoms with E-state index < -0.39 is 17.7 Å². The zero-order chi connectivity index (χ0) is 22.7. The van der Waals surface area contributed by atoms with Gasteiger partial charge in [0.1, 0.15) is 17.3 Å². The molecule has 1 aliphatic heterocycles. The molecule has 1 amide bonds. The first-order valence-electron chi connectivity index (χ1n) is 10.3. The molecule has 2 aromatic carbocycles. The monoisotopic (exact) mass is 451 g/mol. The lowest BCUT2D eigenvalue weighted by atomic mass is 9.95. The number of carbonyl (C=O) groups excluding carboxylic acids is 2. The van der Waals surface area contributed by atoms with E-state index in [1.54, 1.807) is 60.7 Å². The van der Waals surface area contributed by atoms with Crippen LogP contribution in [0.4, 0.5) is 0 Å². The van der Waals surface area contributed by atoms with Gasteiger partial charge in [0, 0.05) is 10.6 Å². The van der Waals surface area contributed by atoms with Gasteiger partial charge in [0.05, 0.1) is 31.0 Å². The van der Waals surface area contributed by atoms with Crippen LogP contribution in [0.1, 0.15) is 36.3 Å². The molecule has 0 spiro atoms. The molecule has 1 saturated heterocycles. The summed E-state index contributed by atoms with van der Waals surface area (Å²) in [5.41, 5.74) is 1.06. The second kappa shape index (κ2) is 9.32. The van der Waals surface area contributed by atoms with Crippen molar-refractivity contribution in [2.75, 3.05) is 6.61 Å². The number of aliphatic hydroxyl groups is 1. The van der Waals surface area contributed by atoms with Crippen LogP contribution in [0.3, 0.4) is 0 Å². The van der Waals surface area contributed by atoms with E-state index in [0.29, 0.717) is 34.3 Å². The Labute approximate surface area is 190 Å². The number of likely N-dealkylation sites (tertiary alicyclic amines) is 1. The molecule has 0 saturated carbocycles. The van der Waals surface area contributed by atoms with Crippen molar-refractivity contribution in [1.82, 2.24) is 4.90 Å². The third-order valence-electron chi connectivity index (χ3n) is 5.21. The molecular formula is C25H22ClNO5. The maximum absolute atomic E-state index is 13.1. The number of rotatable bonds is 7. The SMILES string of the molecule is CCCOc1cccc(/C(O)=C2\C(=O)C(=O)N(Cc3ccco3)C2c2ccc(Cl)cc2)c1. The average molecular weight is 452 g/mol. The largest absolute Gasteiger partial charge is 0.507 e. The molecule has 1 fully saturated rings. The maximum atomic E-state index is 13.1. The van der Waals surface area contributed by atoms with Crippen molar-refractivity contribution < 1.29 is 23.8 Å². The highest BCUT2D eigenvalue weighted by molar-refractivity contribution is 6.46. The van der Waals surface area contributed by atoms with E-state index in [4.69, 9.17) is 20.8 Å². The molecule has 1 atom stereocenters. The smallest absolute Gasteiger partial charge is 0.296 e. The quantitative estimate of drug-likeness (QED) is 0.298. The summed E-state index contributed by atoms with van der Waals surface area (Å²) >= 11 is 6.04. The van der Waals surface area contributed by atoms with Gasteiger partial charge >= 0.3 is 0 Å². The number of Topliss-reactive ketones (excluding diaryl/α,β-unsaturated/α-hetero) is 1. The fourth-order valence-corrected chi connectivity index (χ4v) is 3.84. The van der Waals surface area contributed by atoms with E-state index in [1.165, 1.54) is 11.2 Å². The molecule has 7 heteroatoms. The lowest BCUT2D eigenvalue weighted by Crippen LogP contribution is -2.29. The van der Waals surface area contributed by atoms with Gasteiger partial charge in [0.15, 0.2) is 0 Å². The molecule has 1 aliphatic rings.